The Morgan fingerprint density at radius 3 is 1.83 bits per heavy atom. The van der Waals surface area contributed by atoms with Crippen LogP contribution in [-0.4, -0.2) is 40.1 Å². The van der Waals surface area contributed by atoms with Gasteiger partial charge in [0.2, 0.25) is 0 Å². The van der Waals surface area contributed by atoms with E-state index in [0.717, 1.165) is 30.4 Å². The first-order valence-electron chi connectivity index (χ1n) is 6.70. The summed E-state index contributed by atoms with van der Waals surface area (Å²) in [7, 11) is 1.40. The average Bonchev–Trinajstić information content (AvgIpc) is 2.35. The van der Waals surface area contributed by atoms with Crippen LogP contribution in [0.25, 0.3) is 0 Å². The topological polar surface area (TPSA) is 27.7 Å². The third-order valence-corrected chi connectivity index (χ3v) is 7.84. The van der Waals surface area contributed by atoms with E-state index >= 15 is 0 Å². The summed E-state index contributed by atoms with van der Waals surface area (Å²) in [5, 5.41) is 0. The van der Waals surface area contributed by atoms with Crippen molar-refractivity contribution in [3.8, 4) is 0 Å². The quantitative estimate of drug-likeness (QED) is 0.291. The van der Waals surface area contributed by atoms with Crippen LogP contribution in [0.3, 0.4) is 0 Å². The Bertz CT molecular complexity index is 168. The largest absolute Gasteiger partial charge is 0.500 e. The van der Waals surface area contributed by atoms with Crippen molar-refractivity contribution in [3.05, 3.63) is 6.92 Å². The number of hydrogen-bond acceptors (Lipinski definition) is 5. The smallest absolute Gasteiger partial charge is 0.374 e. The van der Waals surface area contributed by atoms with Gasteiger partial charge in [-0.15, -0.1) is 0 Å². The zero-order chi connectivity index (χ0) is 13.7. The highest BCUT2D eigenvalue weighted by Gasteiger charge is 2.39. The van der Waals surface area contributed by atoms with E-state index in [1.54, 1.807) is 0 Å². The molecule has 1 radical (unpaired) electrons. The van der Waals surface area contributed by atoms with Crippen LogP contribution in [0.5, 0.6) is 0 Å². The van der Waals surface area contributed by atoms with Gasteiger partial charge in [0.05, 0.1) is 0 Å². The number of hydrogen-bond donors (Lipinski definition) is 0. The monoisotopic (exact) mass is 311 g/mol. The predicted molar refractivity (Wildman–Crippen MR) is 84.9 cm³/mol. The molecule has 0 bridgehead atoms. The molecular formula is C12H27O3S2Si. The second kappa shape index (κ2) is 12.8. The fourth-order valence-electron chi connectivity index (χ4n) is 1.53. The van der Waals surface area contributed by atoms with Gasteiger partial charge in [0.15, 0.2) is 0 Å². The molecule has 0 heterocycles. The van der Waals surface area contributed by atoms with E-state index in [4.69, 9.17) is 13.3 Å². The molecule has 0 aliphatic carbocycles. The first kappa shape index (κ1) is 18.8. The van der Waals surface area contributed by atoms with Crippen molar-refractivity contribution in [1.82, 2.24) is 0 Å². The molecule has 0 unspecified atom stereocenters. The van der Waals surface area contributed by atoms with E-state index in [1.165, 1.54) is 0 Å². The first-order valence-corrected chi connectivity index (χ1v) is 11.1. The molecule has 0 saturated carbocycles. The summed E-state index contributed by atoms with van der Waals surface area (Å²) in [5.74, 6) is 2.24. The number of rotatable bonds is 13. The Morgan fingerprint density at radius 1 is 0.889 bits per heavy atom. The van der Waals surface area contributed by atoms with Gasteiger partial charge in [-0.1, -0.05) is 28.5 Å². The van der Waals surface area contributed by atoms with Crippen molar-refractivity contribution in [3.63, 3.8) is 0 Å². The van der Waals surface area contributed by atoms with E-state index < -0.39 is 8.80 Å². The van der Waals surface area contributed by atoms with E-state index in [0.29, 0.717) is 19.8 Å². The van der Waals surface area contributed by atoms with E-state index in [2.05, 4.69) is 6.92 Å². The Balaban J connectivity index is 3.97. The zero-order valence-electron chi connectivity index (χ0n) is 11.9. The van der Waals surface area contributed by atoms with E-state index in [9.17, 15) is 0 Å². The average molecular weight is 312 g/mol. The molecule has 0 aliphatic heterocycles. The SMILES string of the molecule is [CH2]CCSSCCC[Si](OCC)(OCC)OCC. The van der Waals surface area contributed by atoms with Gasteiger partial charge >= 0.3 is 8.80 Å². The van der Waals surface area contributed by atoms with Crippen molar-refractivity contribution >= 4 is 30.4 Å². The normalized spacial score (nSPS) is 12.0. The van der Waals surface area contributed by atoms with E-state index in [1.807, 2.05) is 42.4 Å². The summed E-state index contributed by atoms with van der Waals surface area (Å²) in [6.45, 7) is 11.8. The van der Waals surface area contributed by atoms with Crippen molar-refractivity contribution in [1.29, 1.82) is 0 Å². The van der Waals surface area contributed by atoms with Crippen LogP contribution < -0.4 is 0 Å². The molecule has 0 atom stereocenters. The lowest BCUT2D eigenvalue weighted by molar-refractivity contribution is 0.0712. The lowest BCUT2D eigenvalue weighted by Gasteiger charge is -2.28. The molecular weight excluding hydrogens is 284 g/mol. The van der Waals surface area contributed by atoms with Crippen LogP contribution in [0.15, 0.2) is 0 Å². The first-order chi connectivity index (χ1) is 8.74. The summed E-state index contributed by atoms with van der Waals surface area (Å²) < 4.78 is 17.4. The summed E-state index contributed by atoms with van der Waals surface area (Å²) in [6.07, 6.45) is 2.08. The fourth-order valence-corrected chi connectivity index (χ4v) is 6.42. The van der Waals surface area contributed by atoms with Crippen molar-refractivity contribution in [2.24, 2.45) is 0 Å². The molecule has 0 rings (SSSR count). The minimum Gasteiger partial charge on any atom is -0.374 e. The molecule has 0 aliphatic rings. The minimum absolute atomic E-state index is 0.662. The molecule has 0 fully saturated rings. The third-order valence-electron chi connectivity index (χ3n) is 2.11. The molecule has 0 aromatic rings. The summed E-state index contributed by atoms with van der Waals surface area (Å²) in [5.41, 5.74) is 0. The maximum absolute atomic E-state index is 5.81. The molecule has 109 valence electrons. The minimum atomic E-state index is -2.40. The van der Waals surface area contributed by atoms with Crippen LogP contribution in [0.2, 0.25) is 6.04 Å². The fraction of sp³-hybridized carbons (Fsp3) is 0.917. The molecule has 18 heavy (non-hydrogen) atoms. The summed E-state index contributed by atoms with van der Waals surface area (Å²) in [6, 6.07) is 0.917. The van der Waals surface area contributed by atoms with Gasteiger partial charge in [0.25, 0.3) is 0 Å². The van der Waals surface area contributed by atoms with Crippen molar-refractivity contribution < 1.29 is 13.3 Å². The van der Waals surface area contributed by atoms with Crippen LogP contribution in [0.1, 0.15) is 33.6 Å². The standard InChI is InChI=1S/C12H27O3S2Si/c1-5-10-16-17-11-9-12-18(13-6-2,14-7-3)15-8-4/h1,5-12H2,2-4H3. The second-order valence-corrected chi connectivity index (χ2v) is 9.02. The van der Waals surface area contributed by atoms with E-state index in [-0.39, 0.29) is 0 Å². The molecule has 0 aromatic heterocycles. The second-order valence-electron chi connectivity index (χ2n) is 3.58. The molecule has 0 amide bonds. The predicted octanol–water partition coefficient (Wildman–Crippen LogP) is 4.03. The molecule has 0 spiro atoms. The van der Waals surface area contributed by atoms with Gasteiger partial charge < -0.3 is 13.3 Å². The Hall–Kier alpha value is 0.797. The van der Waals surface area contributed by atoms with Crippen molar-refractivity contribution in [2.75, 3.05) is 31.3 Å². The van der Waals surface area contributed by atoms with Crippen LogP contribution >= 0.6 is 21.6 Å². The van der Waals surface area contributed by atoms with Gasteiger partial charge in [-0.05, 0) is 33.6 Å². The van der Waals surface area contributed by atoms with Crippen LogP contribution in [0, 0.1) is 6.92 Å². The maximum Gasteiger partial charge on any atom is 0.500 e. The highest BCUT2D eigenvalue weighted by Crippen LogP contribution is 2.26. The third kappa shape index (κ3) is 8.82. The Kier molecular flexibility index (Phi) is 13.4. The van der Waals surface area contributed by atoms with Crippen molar-refractivity contribution in [2.45, 2.75) is 39.7 Å². The lowest BCUT2D eigenvalue weighted by atomic mass is 10.6. The maximum atomic E-state index is 5.81. The highest BCUT2D eigenvalue weighted by atomic mass is 33.1. The molecule has 0 saturated heterocycles. The molecule has 0 N–H and O–H groups in total. The van der Waals surface area contributed by atoms with Gasteiger partial charge in [-0.3, -0.25) is 0 Å². The lowest BCUT2D eigenvalue weighted by Crippen LogP contribution is -2.46. The van der Waals surface area contributed by atoms with Gasteiger partial charge in [0, 0.05) is 37.4 Å². The highest BCUT2D eigenvalue weighted by molar-refractivity contribution is 8.76. The summed E-state index contributed by atoms with van der Waals surface area (Å²) >= 11 is 0. The summed E-state index contributed by atoms with van der Waals surface area (Å²) in [4.78, 5) is 0. The van der Waals surface area contributed by atoms with Gasteiger partial charge in [0.1, 0.15) is 0 Å². The Morgan fingerprint density at radius 2 is 1.39 bits per heavy atom. The van der Waals surface area contributed by atoms with Crippen LogP contribution in [0.4, 0.5) is 0 Å². The molecule has 0 aromatic carbocycles. The molecule has 3 nitrogen and oxygen atoms in total. The van der Waals surface area contributed by atoms with Gasteiger partial charge in [-0.25, -0.2) is 0 Å². The molecule has 6 heteroatoms. The van der Waals surface area contributed by atoms with Gasteiger partial charge in [-0.2, -0.15) is 0 Å². The Labute approximate surface area is 121 Å². The van der Waals surface area contributed by atoms with Crippen LogP contribution in [-0.2, 0) is 13.3 Å². The zero-order valence-corrected chi connectivity index (χ0v) is 14.5.